The number of amides is 1. The first kappa shape index (κ1) is 16.2. The molecule has 21 heavy (non-hydrogen) atoms. The lowest BCUT2D eigenvalue weighted by molar-refractivity contribution is -0.121. The topological polar surface area (TPSA) is 52.9 Å². The van der Waals surface area contributed by atoms with E-state index in [0.29, 0.717) is 5.02 Å². The maximum Gasteiger partial charge on any atom is 0.234 e. The van der Waals surface area contributed by atoms with E-state index < -0.39 is 5.54 Å². The fourth-order valence-electron chi connectivity index (χ4n) is 2.54. The molecule has 1 aromatic carbocycles. The van der Waals surface area contributed by atoms with Gasteiger partial charge in [0.15, 0.2) is 0 Å². The zero-order valence-corrected chi connectivity index (χ0v) is 13.6. The van der Waals surface area contributed by atoms with E-state index in [4.69, 9.17) is 11.6 Å². The summed E-state index contributed by atoms with van der Waals surface area (Å²) >= 11 is 7.54. The second kappa shape index (κ2) is 7.20. The Labute approximate surface area is 135 Å². The van der Waals surface area contributed by atoms with Crippen molar-refractivity contribution >= 4 is 29.3 Å². The summed E-state index contributed by atoms with van der Waals surface area (Å²) in [5.41, 5.74) is -0.676. The monoisotopic (exact) mass is 322 g/mol. The van der Waals surface area contributed by atoms with Gasteiger partial charge in [0, 0.05) is 4.90 Å². The molecule has 0 aromatic heterocycles. The molecular formula is C16H19ClN2OS. The van der Waals surface area contributed by atoms with E-state index >= 15 is 0 Å². The average Bonchev–Trinajstić information content (AvgIpc) is 2.50. The summed E-state index contributed by atoms with van der Waals surface area (Å²) in [6.45, 7) is 1.84. The van der Waals surface area contributed by atoms with Crippen molar-refractivity contribution in [1.82, 2.24) is 5.32 Å². The predicted molar refractivity (Wildman–Crippen MR) is 86.3 cm³/mol. The SMILES string of the molecule is C[C@@H](Sc1ccccc1Cl)C(=O)NC1(C#N)CCCCC1. The van der Waals surface area contributed by atoms with Gasteiger partial charge in [0.1, 0.15) is 5.54 Å². The van der Waals surface area contributed by atoms with Crippen LogP contribution in [0.5, 0.6) is 0 Å². The number of hydrogen-bond acceptors (Lipinski definition) is 3. The summed E-state index contributed by atoms with van der Waals surface area (Å²) in [5.74, 6) is -0.0941. The lowest BCUT2D eigenvalue weighted by Gasteiger charge is -2.32. The lowest BCUT2D eigenvalue weighted by Crippen LogP contribution is -2.50. The molecule has 1 aliphatic carbocycles. The van der Waals surface area contributed by atoms with Gasteiger partial charge < -0.3 is 5.32 Å². The van der Waals surface area contributed by atoms with Crippen LogP contribution in [0.15, 0.2) is 29.2 Å². The van der Waals surface area contributed by atoms with Crippen molar-refractivity contribution in [3.8, 4) is 6.07 Å². The number of nitrogens with one attached hydrogen (secondary N) is 1. The summed E-state index contributed by atoms with van der Waals surface area (Å²) in [5, 5.41) is 12.7. The molecule has 0 spiro atoms. The number of benzene rings is 1. The van der Waals surface area contributed by atoms with Crippen LogP contribution in [0.1, 0.15) is 39.0 Å². The lowest BCUT2D eigenvalue weighted by atomic mass is 9.83. The highest BCUT2D eigenvalue weighted by atomic mass is 35.5. The van der Waals surface area contributed by atoms with Crippen molar-refractivity contribution in [1.29, 1.82) is 5.26 Å². The third kappa shape index (κ3) is 4.15. The summed E-state index contributed by atoms with van der Waals surface area (Å²) in [6.07, 6.45) is 4.64. The molecular weight excluding hydrogens is 304 g/mol. The molecule has 112 valence electrons. The van der Waals surface area contributed by atoms with Crippen molar-refractivity contribution < 1.29 is 4.79 Å². The zero-order valence-electron chi connectivity index (χ0n) is 12.1. The van der Waals surface area contributed by atoms with Crippen LogP contribution in [0.25, 0.3) is 0 Å². The molecule has 0 bridgehead atoms. The number of halogens is 1. The summed E-state index contributed by atoms with van der Waals surface area (Å²) in [6, 6.07) is 9.79. The van der Waals surface area contributed by atoms with E-state index in [1.165, 1.54) is 11.8 Å². The van der Waals surface area contributed by atoms with Gasteiger partial charge in [-0.05, 0) is 31.9 Å². The smallest absolute Gasteiger partial charge is 0.234 e. The Morgan fingerprint density at radius 3 is 2.67 bits per heavy atom. The van der Waals surface area contributed by atoms with Gasteiger partial charge in [-0.2, -0.15) is 5.26 Å². The molecule has 0 radical (unpaired) electrons. The fraction of sp³-hybridized carbons (Fsp3) is 0.500. The molecule has 1 amide bonds. The maximum atomic E-state index is 12.4. The standard InChI is InChI=1S/C16H19ClN2OS/c1-12(21-14-8-4-3-7-13(14)17)15(20)19-16(11-18)9-5-2-6-10-16/h3-4,7-8,12H,2,5-6,9-10H2,1H3,(H,19,20)/t12-/m1/s1. The Bertz CT molecular complexity index is 549. The molecule has 1 aromatic rings. The Hall–Kier alpha value is -1.18. The van der Waals surface area contributed by atoms with Crippen LogP contribution in [0, 0.1) is 11.3 Å². The minimum atomic E-state index is -0.676. The zero-order chi connectivity index (χ0) is 15.3. The van der Waals surface area contributed by atoms with Crippen LogP contribution in [0.4, 0.5) is 0 Å². The molecule has 0 unspecified atom stereocenters. The maximum absolute atomic E-state index is 12.4. The fourth-order valence-corrected chi connectivity index (χ4v) is 3.70. The number of hydrogen-bond donors (Lipinski definition) is 1. The van der Waals surface area contributed by atoms with Crippen molar-refractivity contribution in [2.45, 2.75) is 54.7 Å². The van der Waals surface area contributed by atoms with Gasteiger partial charge >= 0.3 is 0 Å². The van der Waals surface area contributed by atoms with Crippen LogP contribution in [-0.4, -0.2) is 16.7 Å². The average molecular weight is 323 g/mol. The van der Waals surface area contributed by atoms with Crippen molar-refractivity contribution in [3.63, 3.8) is 0 Å². The molecule has 0 aliphatic heterocycles. The molecule has 1 atom stereocenters. The number of rotatable bonds is 4. The Morgan fingerprint density at radius 1 is 1.38 bits per heavy atom. The molecule has 3 nitrogen and oxygen atoms in total. The third-order valence-electron chi connectivity index (χ3n) is 3.79. The van der Waals surface area contributed by atoms with E-state index in [0.717, 1.165) is 37.0 Å². The third-order valence-corrected chi connectivity index (χ3v) is 5.41. The van der Waals surface area contributed by atoms with Gasteiger partial charge in [-0.15, -0.1) is 11.8 Å². The van der Waals surface area contributed by atoms with Crippen LogP contribution >= 0.6 is 23.4 Å². The second-order valence-corrected chi connectivity index (χ2v) is 7.22. The first-order valence-corrected chi connectivity index (χ1v) is 8.46. The van der Waals surface area contributed by atoms with Gasteiger partial charge in [0.05, 0.1) is 16.3 Å². The number of carbonyl (C=O) groups is 1. The van der Waals surface area contributed by atoms with Crippen molar-refractivity contribution in [2.24, 2.45) is 0 Å². The highest BCUT2D eigenvalue weighted by Gasteiger charge is 2.34. The Balaban J connectivity index is 1.99. The predicted octanol–water partition coefficient (Wildman–Crippen LogP) is 4.16. The summed E-state index contributed by atoms with van der Waals surface area (Å²) in [7, 11) is 0. The minimum Gasteiger partial charge on any atom is -0.337 e. The molecule has 1 fully saturated rings. The van der Waals surface area contributed by atoms with Gasteiger partial charge in [-0.25, -0.2) is 0 Å². The molecule has 0 heterocycles. The van der Waals surface area contributed by atoms with E-state index in [-0.39, 0.29) is 11.2 Å². The van der Waals surface area contributed by atoms with E-state index in [1.54, 1.807) is 0 Å². The molecule has 2 rings (SSSR count). The number of nitriles is 1. The molecule has 1 aliphatic rings. The minimum absolute atomic E-state index is 0.0941. The van der Waals surface area contributed by atoms with Gasteiger partial charge in [-0.1, -0.05) is 43.0 Å². The normalized spacial score (nSPS) is 18.5. The first-order chi connectivity index (χ1) is 10.1. The second-order valence-electron chi connectivity index (χ2n) is 5.43. The van der Waals surface area contributed by atoms with Crippen LogP contribution in [-0.2, 0) is 4.79 Å². The van der Waals surface area contributed by atoms with Gasteiger partial charge in [0.2, 0.25) is 5.91 Å². The van der Waals surface area contributed by atoms with Crippen LogP contribution in [0.2, 0.25) is 5.02 Å². The largest absolute Gasteiger partial charge is 0.337 e. The first-order valence-electron chi connectivity index (χ1n) is 7.21. The Morgan fingerprint density at radius 2 is 2.05 bits per heavy atom. The molecule has 0 saturated heterocycles. The quantitative estimate of drug-likeness (QED) is 0.847. The summed E-state index contributed by atoms with van der Waals surface area (Å²) < 4.78 is 0. The molecule has 1 N–H and O–H groups in total. The van der Waals surface area contributed by atoms with Gasteiger partial charge in [0.25, 0.3) is 0 Å². The van der Waals surface area contributed by atoms with Gasteiger partial charge in [-0.3, -0.25) is 4.79 Å². The highest BCUT2D eigenvalue weighted by Crippen LogP contribution is 2.32. The van der Waals surface area contributed by atoms with Crippen LogP contribution < -0.4 is 5.32 Å². The van der Waals surface area contributed by atoms with Crippen molar-refractivity contribution in [3.05, 3.63) is 29.3 Å². The summed E-state index contributed by atoms with van der Waals surface area (Å²) in [4.78, 5) is 13.3. The number of nitrogens with zero attached hydrogens (tertiary/aromatic N) is 1. The van der Waals surface area contributed by atoms with E-state index in [1.807, 2.05) is 31.2 Å². The molecule has 1 saturated carbocycles. The van der Waals surface area contributed by atoms with E-state index in [2.05, 4.69) is 11.4 Å². The van der Waals surface area contributed by atoms with E-state index in [9.17, 15) is 10.1 Å². The number of carbonyl (C=O) groups excluding carboxylic acids is 1. The van der Waals surface area contributed by atoms with Crippen molar-refractivity contribution in [2.75, 3.05) is 0 Å². The van der Waals surface area contributed by atoms with Crippen LogP contribution in [0.3, 0.4) is 0 Å². The highest BCUT2D eigenvalue weighted by molar-refractivity contribution is 8.00. The molecule has 5 heteroatoms. The Kier molecular flexibility index (Phi) is 5.55. The number of thioether (sulfide) groups is 1.